The number of nitrogens with zero attached hydrogens (tertiary/aromatic N) is 1. The van der Waals surface area contributed by atoms with Crippen LogP contribution in [0, 0.1) is 27.7 Å². The Hall–Kier alpha value is -4.50. The monoisotopic (exact) mass is 541 g/mol. The lowest BCUT2D eigenvalue weighted by atomic mass is 9.72. The summed E-state index contributed by atoms with van der Waals surface area (Å²) in [6.07, 6.45) is 1.72. The number of anilines is 3. The van der Waals surface area contributed by atoms with Crippen LogP contribution in [0.4, 0.5) is 17.1 Å². The maximum absolute atomic E-state index is 9.93. The Bertz CT molecular complexity index is 1550. The van der Waals surface area contributed by atoms with Crippen molar-refractivity contribution in [2.45, 2.75) is 52.9 Å². The SMILES string of the molecule is Cc1ccc(N(c2cccc(CCC(C)(c3ccc(O)cc3)c3ccc(O)cc3)c2)c2ccc(C)c(C)c2)cc1C. The molecule has 2 N–H and O–H groups in total. The van der Waals surface area contributed by atoms with E-state index >= 15 is 0 Å². The predicted octanol–water partition coefficient (Wildman–Crippen LogP) is 9.74. The van der Waals surface area contributed by atoms with E-state index in [9.17, 15) is 10.2 Å². The zero-order chi connectivity index (χ0) is 29.1. The first-order valence-electron chi connectivity index (χ1n) is 14.3. The second kappa shape index (κ2) is 11.5. The highest BCUT2D eigenvalue weighted by Gasteiger charge is 2.29. The van der Waals surface area contributed by atoms with Gasteiger partial charge in [-0.2, -0.15) is 0 Å². The van der Waals surface area contributed by atoms with E-state index in [1.807, 2.05) is 24.3 Å². The second-order valence-corrected chi connectivity index (χ2v) is 11.5. The van der Waals surface area contributed by atoms with Crippen LogP contribution in [-0.2, 0) is 11.8 Å². The fourth-order valence-corrected chi connectivity index (χ4v) is 5.54. The Morgan fingerprint density at radius 2 is 1.00 bits per heavy atom. The zero-order valence-corrected chi connectivity index (χ0v) is 24.6. The molecule has 5 rings (SSSR count). The van der Waals surface area contributed by atoms with Gasteiger partial charge in [0.1, 0.15) is 11.5 Å². The Morgan fingerprint density at radius 1 is 0.537 bits per heavy atom. The molecule has 41 heavy (non-hydrogen) atoms. The molecule has 0 amide bonds. The molecule has 3 nitrogen and oxygen atoms in total. The van der Waals surface area contributed by atoms with Gasteiger partial charge < -0.3 is 15.1 Å². The molecule has 0 fully saturated rings. The summed E-state index contributed by atoms with van der Waals surface area (Å²) in [6.45, 7) is 10.9. The lowest BCUT2D eigenvalue weighted by Gasteiger charge is -2.32. The molecule has 0 bridgehead atoms. The Labute approximate surface area is 244 Å². The van der Waals surface area contributed by atoms with Gasteiger partial charge in [-0.15, -0.1) is 0 Å². The van der Waals surface area contributed by atoms with E-state index in [2.05, 4.69) is 100 Å². The van der Waals surface area contributed by atoms with Gasteiger partial charge in [0.25, 0.3) is 0 Å². The van der Waals surface area contributed by atoms with Crippen LogP contribution in [0.5, 0.6) is 11.5 Å². The third kappa shape index (κ3) is 6.00. The van der Waals surface area contributed by atoms with E-state index in [1.54, 1.807) is 24.3 Å². The van der Waals surface area contributed by atoms with Crippen molar-refractivity contribution in [1.82, 2.24) is 0 Å². The van der Waals surface area contributed by atoms with Gasteiger partial charge in [0.05, 0.1) is 0 Å². The first-order chi connectivity index (χ1) is 19.6. The number of benzene rings is 5. The average molecular weight is 542 g/mol. The molecule has 0 aliphatic rings. The van der Waals surface area contributed by atoms with Gasteiger partial charge in [-0.3, -0.25) is 0 Å². The van der Waals surface area contributed by atoms with Crippen LogP contribution >= 0.6 is 0 Å². The molecular formula is C38H39NO2. The minimum atomic E-state index is -0.306. The van der Waals surface area contributed by atoms with Crippen LogP contribution in [-0.4, -0.2) is 10.2 Å². The molecule has 0 spiro atoms. The van der Waals surface area contributed by atoms with E-state index in [0.717, 1.165) is 41.0 Å². The van der Waals surface area contributed by atoms with Crippen LogP contribution < -0.4 is 4.90 Å². The quantitative estimate of drug-likeness (QED) is 0.205. The molecule has 0 aromatic heterocycles. The molecule has 0 heterocycles. The van der Waals surface area contributed by atoms with Gasteiger partial charge in [-0.05, 0) is 140 Å². The Balaban J connectivity index is 1.52. The summed E-state index contributed by atoms with van der Waals surface area (Å²) < 4.78 is 0. The van der Waals surface area contributed by atoms with Crippen molar-refractivity contribution in [3.63, 3.8) is 0 Å². The van der Waals surface area contributed by atoms with Crippen molar-refractivity contribution in [3.8, 4) is 11.5 Å². The molecular weight excluding hydrogens is 502 g/mol. The molecule has 0 saturated heterocycles. The van der Waals surface area contributed by atoms with Crippen molar-refractivity contribution < 1.29 is 10.2 Å². The largest absolute Gasteiger partial charge is 0.508 e. The average Bonchev–Trinajstić information content (AvgIpc) is 2.96. The van der Waals surface area contributed by atoms with E-state index in [4.69, 9.17) is 0 Å². The molecule has 5 aromatic carbocycles. The van der Waals surface area contributed by atoms with Crippen LogP contribution in [0.2, 0.25) is 0 Å². The topological polar surface area (TPSA) is 43.7 Å². The number of rotatable bonds is 8. The lowest BCUT2D eigenvalue weighted by molar-refractivity contribution is 0.470. The summed E-state index contributed by atoms with van der Waals surface area (Å²) in [5.41, 5.74) is 11.7. The first kappa shape index (κ1) is 28.0. The van der Waals surface area contributed by atoms with Gasteiger partial charge in [0.2, 0.25) is 0 Å². The highest BCUT2D eigenvalue weighted by Crippen LogP contribution is 2.40. The molecule has 0 aliphatic carbocycles. The van der Waals surface area contributed by atoms with Gasteiger partial charge in [0.15, 0.2) is 0 Å². The number of hydrogen-bond donors (Lipinski definition) is 2. The summed E-state index contributed by atoms with van der Waals surface area (Å²) in [7, 11) is 0. The van der Waals surface area contributed by atoms with E-state index in [0.29, 0.717) is 0 Å². The minimum Gasteiger partial charge on any atom is -0.508 e. The molecule has 0 aliphatic heterocycles. The van der Waals surface area contributed by atoms with Crippen molar-refractivity contribution in [3.05, 3.63) is 148 Å². The van der Waals surface area contributed by atoms with Crippen molar-refractivity contribution in [2.75, 3.05) is 4.90 Å². The molecule has 0 unspecified atom stereocenters. The maximum atomic E-state index is 9.93. The summed E-state index contributed by atoms with van der Waals surface area (Å²) in [5.74, 6) is 0.513. The standard InChI is InChI=1S/C38H39NO2/c1-26-9-15-34(23-28(26)3)39(35-16-10-27(2)29(4)24-35)33-8-6-7-30(25-33)21-22-38(5,31-11-17-36(40)18-12-31)32-13-19-37(41)20-14-32/h6-20,23-25,40-41H,21-22H2,1-5H3. The third-order valence-electron chi connectivity index (χ3n) is 8.59. The first-order valence-corrected chi connectivity index (χ1v) is 14.3. The number of phenolic OH excluding ortho intramolecular Hbond substituents is 2. The maximum Gasteiger partial charge on any atom is 0.115 e. The zero-order valence-electron chi connectivity index (χ0n) is 24.6. The van der Waals surface area contributed by atoms with Crippen LogP contribution in [0.25, 0.3) is 0 Å². The molecule has 0 radical (unpaired) electrons. The molecule has 208 valence electrons. The second-order valence-electron chi connectivity index (χ2n) is 11.5. The normalized spacial score (nSPS) is 11.4. The fraction of sp³-hybridized carbons (Fsp3) is 0.211. The van der Waals surface area contributed by atoms with E-state index in [-0.39, 0.29) is 16.9 Å². The van der Waals surface area contributed by atoms with Gasteiger partial charge in [0, 0.05) is 22.5 Å². The molecule has 0 atom stereocenters. The van der Waals surface area contributed by atoms with Crippen molar-refractivity contribution in [1.29, 1.82) is 0 Å². The summed E-state index contributed by atoms with van der Waals surface area (Å²) in [4.78, 5) is 2.35. The van der Waals surface area contributed by atoms with Crippen molar-refractivity contribution >= 4 is 17.1 Å². The Morgan fingerprint density at radius 3 is 1.46 bits per heavy atom. The van der Waals surface area contributed by atoms with Gasteiger partial charge in [-0.25, -0.2) is 0 Å². The minimum absolute atomic E-state index is 0.257. The molecule has 5 aromatic rings. The summed E-state index contributed by atoms with van der Waals surface area (Å²) in [5, 5.41) is 19.9. The fourth-order valence-electron chi connectivity index (χ4n) is 5.54. The van der Waals surface area contributed by atoms with Crippen LogP contribution in [0.15, 0.2) is 109 Å². The smallest absolute Gasteiger partial charge is 0.115 e. The van der Waals surface area contributed by atoms with Gasteiger partial charge >= 0.3 is 0 Å². The summed E-state index contributed by atoms with van der Waals surface area (Å²) >= 11 is 0. The number of aryl methyl sites for hydroxylation is 5. The van der Waals surface area contributed by atoms with Gasteiger partial charge in [-0.1, -0.05) is 55.5 Å². The van der Waals surface area contributed by atoms with Crippen LogP contribution in [0.3, 0.4) is 0 Å². The number of hydrogen-bond acceptors (Lipinski definition) is 3. The number of aromatic hydroxyl groups is 2. The van der Waals surface area contributed by atoms with E-state index < -0.39 is 0 Å². The highest BCUT2D eigenvalue weighted by molar-refractivity contribution is 5.77. The third-order valence-corrected chi connectivity index (χ3v) is 8.59. The molecule has 3 heteroatoms. The summed E-state index contributed by atoms with van der Waals surface area (Å²) in [6, 6.07) is 37.2. The Kier molecular flexibility index (Phi) is 7.90. The lowest BCUT2D eigenvalue weighted by Crippen LogP contribution is -2.24. The predicted molar refractivity (Wildman–Crippen MR) is 171 cm³/mol. The highest BCUT2D eigenvalue weighted by atomic mass is 16.3. The van der Waals surface area contributed by atoms with E-state index in [1.165, 1.54) is 27.8 Å². The van der Waals surface area contributed by atoms with Crippen molar-refractivity contribution in [2.24, 2.45) is 0 Å². The van der Waals surface area contributed by atoms with Crippen LogP contribution in [0.1, 0.15) is 52.3 Å². The number of phenols is 2. The molecule has 0 saturated carbocycles.